The summed E-state index contributed by atoms with van der Waals surface area (Å²) in [5.41, 5.74) is 2.00. The molecule has 0 radical (unpaired) electrons. The fourth-order valence-corrected chi connectivity index (χ4v) is 3.32. The van der Waals surface area contributed by atoms with Crippen LogP contribution < -0.4 is 15.5 Å². The summed E-state index contributed by atoms with van der Waals surface area (Å²) < 4.78 is 0. The molecule has 0 aromatic heterocycles. The van der Waals surface area contributed by atoms with E-state index < -0.39 is 6.10 Å². The van der Waals surface area contributed by atoms with Gasteiger partial charge in [0.15, 0.2) is 5.96 Å². The van der Waals surface area contributed by atoms with Crippen molar-refractivity contribution in [1.82, 2.24) is 10.6 Å². The van der Waals surface area contributed by atoms with E-state index in [9.17, 15) is 9.90 Å². The molecule has 3 rings (SSSR count). The van der Waals surface area contributed by atoms with Crippen molar-refractivity contribution in [3.63, 3.8) is 0 Å². The molecule has 2 aromatic carbocycles. The van der Waals surface area contributed by atoms with Crippen LogP contribution >= 0.6 is 24.0 Å². The first-order chi connectivity index (χ1) is 13.7. The molecule has 29 heavy (non-hydrogen) atoms. The summed E-state index contributed by atoms with van der Waals surface area (Å²) in [7, 11) is 0. The number of aliphatic hydroxyl groups excluding tert-OH is 1. The summed E-state index contributed by atoms with van der Waals surface area (Å²) >= 11 is 0. The van der Waals surface area contributed by atoms with Gasteiger partial charge in [0.1, 0.15) is 0 Å². The van der Waals surface area contributed by atoms with Gasteiger partial charge in [-0.1, -0.05) is 48.5 Å². The van der Waals surface area contributed by atoms with Gasteiger partial charge in [0.2, 0.25) is 5.91 Å². The SMILES string of the molecule is CCNC(=NCC(O)Cc1ccccc1)NC1CC(=O)N(c2ccccc2)C1.I. The Morgan fingerprint density at radius 3 is 2.48 bits per heavy atom. The minimum Gasteiger partial charge on any atom is -0.391 e. The Kier molecular flexibility index (Phi) is 9.40. The molecule has 1 aliphatic heterocycles. The lowest BCUT2D eigenvalue weighted by molar-refractivity contribution is -0.117. The normalized spacial score (nSPS) is 17.6. The maximum Gasteiger partial charge on any atom is 0.229 e. The average molecular weight is 508 g/mol. The molecule has 0 saturated carbocycles. The van der Waals surface area contributed by atoms with Crippen LogP contribution in [0.25, 0.3) is 0 Å². The number of guanidine groups is 1. The van der Waals surface area contributed by atoms with Crippen molar-refractivity contribution in [1.29, 1.82) is 0 Å². The zero-order chi connectivity index (χ0) is 19.8. The monoisotopic (exact) mass is 508 g/mol. The molecule has 0 bridgehead atoms. The second-order valence-electron chi connectivity index (χ2n) is 6.95. The molecular weight excluding hydrogens is 479 g/mol. The lowest BCUT2D eigenvalue weighted by atomic mass is 10.1. The quantitative estimate of drug-likeness (QED) is 0.306. The summed E-state index contributed by atoms with van der Waals surface area (Å²) in [6.45, 7) is 3.60. The maximum atomic E-state index is 12.4. The number of aliphatic imine (C=N–C) groups is 1. The topological polar surface area (TPSA) is 77.0 Å². The van der Waals surface area contributed by atoms with Gasteiger partial charge in [0, 0.05) is 31.6 Å². The van der Waals surface area contributed by atoms with E-state index in [4.69, 9.17) is 0 Å². The number of aliphatic hydroxyl groups is 1. The highest BCUT2D eigenvalue weighted by Gasteiger charge is 2.31. The number of hydrogen-bond acceptors (Lipinski definition) is 3. The highest BCUT2D eigenvalue weighted by molar-refractivity contribution is 14.0. The highest BCUT2D eigenvalue weighted by Crippen LogP contribution is 2.20. The van der Waals surface area contributed by atoms with E-state index in [1.807, 2.05) is 67.6 Å². The first kappa shape index (κ1) is 23.2. The Balaban J connectivity index is 0.00000300. The second kappa shape index (κ2) is 11.8. The predicted octanol–water partition coefficient (Wildman–Crippen LogP) is 2.57. The molecule has 1 amide bonds. The molecule has 2 unspecified atom stereocenters. The predicted molar refractivity (Wildman–Crippen MR) is 128 cm³/mol. The number of anilines is 1. The van der Waals surface area contributed by atoms with Crippen molar-refractivity contribution in [2.24, 2.45) is 4.99 Å². The zero-order valence-corrected chi connectivity index (χ0v) is 19.0. The number of nitrogens with one attached hydrogen (secondary N) is 2. The third-order valence-corrected chi connectivity index (χ3v) is 4.65. The van der Waals surface area contributed by atoms with Crippen LogP contribution in [0.1, 0.15) is 18.9 Å². The number of benzene rings is 2. The standard InChI is InChI=1S/C22H28N4O2.HI/c1-2-23-22(24-15-20(27)13-17-9-5-3-6-10-17)25-18-14-21(28)26(16-18)19-11-7-4-8-12-19;/h3-12,18,20,27H,2,13-16H2,1H3,(H2,23,24,25);1H. The van der Waals surface area contributed by atoms with Gasteiger partial charge >= 0.3 is 0 Å². The molecule has 7 heteroatoms. The number of carbonyl (C=O) groups is 1. The molecule has 2 atom stereocenters. The molecule has 6 nitrogen and oxygen atoms in total. The second-order valence-corrected chi connectivity index (χ2v) is 6.95. The Hall–Kier alpha value is -2.13. The molecule has 1 fully saturated rings. The van der Waals surface area contributed by atoms with Gasteiger partial charge in [-0.05, 0) is 24.6 Å². The first-order valence-electron chi connectivity index (χ1n) is 9.78. The van der Waals surface area contributed by atoms with E-state index in [0.29, 0.717) is 38.4 Å². The van der Waals surface area contributed by atoms with Crippen molar-refractivity contribution in [3.8, 4) is 0 Å². The molecule has 1 saturated heterocycles. The van der Waals surface area contributed by atoms with Gasteiger partial charge < -0.3 is 20.6 Å². The molecule has 156 valence electrons. The van der Waals surface area contributed by atoms with Crippen LogP contribution in [0.15, 0.2) is 65.7 Å². The van der Waals surface area contributed by atoms with Crippen LogP contribution in [0.3, 0.4) is 0 Å². The van der Waals surface area contributed by atoms with E-state index in [1.54, 1.807) is 4.90 Å². The Labute approximate surface area is 189 Å². The minimum absolute atomic E-state index is 0. The third-order valence-electron chi connectivity index (χ3n) is 4.65. The Morgan fingerprint density at radius 2 is 1.83 bits per heavy atom. The van der Waals surface area contributed by atoms with Gasteiger partial charge in [0.05, 0.1) is 18.7 Å². The Morgan fingerprint density at radius 1 is 1.17 bits per heavy atom. The molecule has 2 aromatic rings. The Bertz CT molecular complexity index is 786. The largest absolute Gasteiger partial charge is 0.391 e. The molecular formula is C22H29IN4O2. The van der Waals surface area contributed by atoms with Gasteiger partial charge in [-0.2, -0.15) is 0 Å². The fraction of sp³-hybridized carbons (Fsp3) is 0.364. The van der Waals surface area contributed by atoms with Crippen LogP contribution in [-0.4, -0.2) is 48.8 Å². The number of halogens is 1. The van der Waals surface area contributed by atoms with Gasteiger partial charge in [-0.25, -0.2) is 0 Å². The smallest absolute Gasteiger partial charge is 0.229 e. The van der Waals surface area contributed by atoms with Crippen LogP contribution in [0, 0.1) is 0 Å². The van der Waals surface area contributed by atoms with Crippen molar-refractivity contribution in [2.75, 3.05) is 24.5 Å². The number of hydrogen-bond donors (Lipinski definition) is 3. The summed E-state index contributed by atoms with van der Waals surface area (Å²) in [4.78, 5) is 18.7. The van der Waals surface area contributed by atoms with Crippen molar-refractivity contribution < 1.29 is 9.90 Å². The fourth-order valence-electron chi connectivity index (χ4n) is 3.32. The number of rotatable bonds is 7. The van der Waals surface area contributed by atoms with E-state index in [-0.39, 0.29) is 35.9 Å². The van der Waals surface area contributed by atoms with Crippen molar-refractivity contribution >= 4 is 41.5 Å². The molecule has 0 spiro atoms. The van der Waals surface area contributed by atoms with E-state index in [1.165, 1.54) is 0 Å². The van der Waals surface area contributed by atoms with Crippen LogP contribution in [0.2, 0.25) is 0 Å². The lowest BCUT2D eigenvalue weighted by Gasteiger charge is -2.19. The molecule has 3 N–H and O–H groups in total. The number of nitrogens with zero attached hydrogens (tertiary/aromatic N) is 2. The summed E-state index contributed by atoms with van der Waals surface area (Å²) in [5, 5.41) is 16.8. The summed E-state index contributed by atoms with van der Waals surface area (Å²) in [6.07, 6.45) is 0.433. The maximum absolute atomic E-state index is 12.4. The lowest BCUT2D eigenvalue weighted by Crippen LogP contribution is -2.45. The van der Waals surface area contributed by atoms with Crippen LogP contribution in [0.5, 0.6) is 0 Å². The van der Waals surface area contributed by atoms with Crippen LogP contribution in [0.4, 0.5) is 5.69 Å². The van der Waals surface area contributed by atoms with Crippen LogP contribution in [-0.2, 0) is 11.2 Å². The van der Waals surface area contributed by atoms with Gasteiger partial charge in [-0.3, -0.25) is 9.79 Å². The molecule has 1 aliphatic rings. The number of carbonyl (C=O) groups excluding carboxylic acids is 1. The highest BCUT2D eigenvalue weighted by atomic mass is 127. The minimum atomic E-state index is -0.552. The number of amides is 1. The first-order valence-corrected chi connectivity index (χ1v) is 9.78. The van der Waals surface area contributed by atoms with Crippen molar-refractivity contribution in [3.05, 3.63) is 66.2 Å². The van der Waals surface area contributed by atoms with E-state index in [2.05, 4.69) is 15.6 Å². The van der Waals surface area contributed by atoms with E-state index >= 15 is 0 Å². The summed E-state index contributed by atoms with van der Waals surface area (Å²) in [6, 6.07) is 19.6. The molecule has 0 aliphatic carbocycles. The average Bonchev–Trinajstić information content (AvgIpc) is 3.08. The number of para-hydroxylation sites is 1. The van der Waals surface area contributed by atoms with E-state index in [0.717, 1.165) is 11.3 Å². The van der Waals surface area contributed by atoms with Gasteiger partial charge in [0.25, 0.3) is 0 Å². The third kappa shape index (κ3) is 7.01. The van der Waals surface area contributed by atoms with Gasteiger partial charge in [-0.15, -0.1) is 24.0 Å². The van der Waals surface area contributed by atoms with Crippen molar-refractivity contribution in [2.45, 2.75) is 31.9 Å². The zero-order valence-electron chi connectivity index (χ0n) is 16.6. The summed E-state index contributed by atoms with van der Waals surface area (Å²) in [5.74, 6) is 0.728. The molecule has 1 heterocycles.